The predicted molar refractivity (Wildman–Crippen MR) is 66.1 cm³/mol. The zero-order valence-corrected chi connectivity index (χ0v) is 10.4. The fraction of sp³-hybridized carbons (Fsp3) is 0.556. The van der Waals surface area contributed by atoms with Crippen LogP contribution in [0.2, 0.25) is 0 Å². The van der Waals surface area contributed by atoms with Gasteiger partial charge in [0.25, 0.3) is 0 Å². The molecule has 0 saturated carbocycles. The smallest absolute Gasteiger partial charge is 0.329 e. The van der Waals surface area contributed by atoms with Gasteiger partial charge in [-0.3, -0.25) is 15.5 Å². The number of hydrogen-bond acceptors (Lipinski definition) is 8. The van der Waals surface area contributed by atoms with Crippen LogP contribution >= 0.6 is 0 Å². The average molecular weight is 256 g/mol. The number of anilines is 2. The largest absolute Gasteiger partial charge is 0.394 e. The Bertz CT molecular complexity index is 450. The first kappa shape index (κ1) is 14.1. The van der Waals surface area contributed by atoms with Crippen molar-refractivity contribution in [2.45, 2.75) is 19.4 Å². The van der Waals surface area contributed by atoms with Gasteiger partial charge in [-0.2, -0.15) is 4.98 Å². The maximum Gasteiger partial charge on any atom is 0.329 e. The van der Waals surface area contributed by atoms with Gasteiger partial charge in [-0.05, 0) is 13.8 Å². The van der Waals surface area contributed by atoms with E-state index in [2.05, 4.69) is 15.4 Å². The standard InChI is InChI=1S/C9H16N6O3/c1-9(2,5-16)14(3)7-6(15(17)18)4-11-8(12-7)13-10/h4,16H,5,10H2,1-3H3,(H,11,12,13). The lowest BCUT2D eigenvalue weighted by Gasteiger charge is -2.34. The van der Waals surface area contributed by atoms with E-state index in [4.69, 9.17) is 5.84 Å². The molecule has 0 amide bonds. The minimum absolute atomic E-state index is 0.0659. The Balaban J connectivity index is 3.31. The van der Waals surface area contributed by atoms with Crippen molar-refractivity contribution < 1.29 is 10.0 Å². The fourth-order valence-electron chi connectivity index (χ4n) is 1.20. The van der Waals surface area contributed by atoms with Crippen LogP contribution in [0.25, 0.3) is 0 Å². The molecule has 0 aliphatic carbocycles. The van der Waals surface area contributed by atoms with Gasteiger partial charge in [0.15, 0.2) is 0 Å². The van der Waals surface area contributed by atoms with E-state index < -0.39 is 10.5 Å². The maximum atomic E-state index is 10.9. The molecule has 0 unspecified atom stereocenters. The second kappa shape index (κ2) is 5.10. The summed E-state index contributed by atoms with van der Waals surface area (Å²) in [5, 5.41) is 20.2. The number of aliphatic hydroxyl groups is 1. The minimum atomic E-state index is -0.703. The highest BCUT2D eigenvalue weighted by Crippen LogP contribution is 2.29. The molecule has 1 aromatic rings. The van der Waals surface area contributed by atoms with Crippen LogP contribution in [0, 0.1) is 10.1 Å². The Morgan fingerprint density at radius 3 is 2.72 bits per heavy atom. The highest BCUT2D eigenvalue weighted by atomic mass is 16.6. The molecule has 0 saturated heterocycles. The molecule has 18 heavy (non-hydrogen) atoms. The van der Waals surface area contributed by atoms with E-state index in [1.54, 1.807) is 20.9 Å². The van der Waals surface area contributed by atoms with Crippen molar-refractivity contribution in [3.63, 3.8) is 0 Å². The van der Waals surface area contributed by atoms with Crippen LogP contribution in [0.3, 0.4) is 0 Å². The highest BCUT2D eigenvalue weighted by Gasteiger charge is 2.30. The van der Waals surface area contributed by atoms with E-state index in [9.17, 15) is 15.2 Å². The molecule has 100 valence electrons. The molecule has 0 atom stereocenters. The van der Waals surface area contributed by atoms with Gasteiger partial charge in [-0.25, -0.2) is 10.8 Å². The van der Waals surface area contributed by atoms with E-state index in [0.29, 0.717) is 0 Å². The summed E-state index contributed by atoms with van der Waals surface area (Å²) >= 11 is 0. The van der Waals surface area contributed by atoms with E-state index >= 15 is 0 Å². The van der Waals surface area contributed by atoms with E-state index in [1.165, 1.54) is 4.90 Å². The number of nitrogen functional groups attached to an aromatic ring is 1. The molecule has 0 radical (unpaired) electrons. The van der Waals surface area contributed by atoms with Crippen molar-refractivity contribution in [1.29, 1.82) is 0 Å². The number of hydrogen-bond donors (Lipinski definition) is 3. The first-order valence-electron chi connectivity index (χ1n) is 5.16. The molecule has 1 heterocycles. The van der Waals surface area contributed by atoms with Crippen LogP contribution in [0.5, 0.6) is 0 Å². The number of hydrazine groups is 1. The molecule has 0 aliphatic rings. The van der Waals surface area contributed by atoms with Crippen molar-refractivity contribution >= 4 is 17.5 Å². The quantitative estimate of drug-likeness (QED) is 0.377. The highest BCUT2D eigenvalue weighted by molar-refractivity contribution is 5.59. The van der Waals surface area contributed by atoms with Crippen molar-refractivity contribution in [3.05, 3.63) is 16.3 Å². The van der Waals surface area contributed by atoms with Gasteiger partial charge in [0.05, 0.1) is 17.1 Å². The Hall–Kier alpha value is -2.00. The van der Waals surface area contributed by atoms with Gasteiger partial charge < -0.3 is 10.0 Å². The number of nitrogens with zero attached hydrogens (tertiary/aromatic N) is 4. The van der Waals surface area contributed by atoms with Crippen molar-refractivity contribution in [1.82, 2.24) is 9.97 Å². The molecule has 0 bridgehead atoms. The Morgan fingerprint density at radius 1 is 1.67 bits per heavy atom. The number of aliphatic hydroxyl groups excluding tert-OH is 1. The Morgan fingerprint density at radius 2 is 2.28 bits per heavy atom. The summed E-state index contributed by atoms with van der Waals surface area (Å²) in [6.07, 6.45) is 1.07. The number of likely N-dealkylation sites (N-methyl/N-ethyl adjacent to an activating group) is 1. The average Bonchev–Trinajstić information content (AvgIpc) is 2.36. The number of nitro groups is 1. The summed E-state index contributed by atoms with van der Waals surface area (Å²) in [4.78, 5) is 19.5. The van der Waals surface area contributed by atoms with Crippen molar-refractivity contribution in [3.8, 4) is 0 Å². The second-order valence-corrected chi connectivity index (χ2v) is 4.33. The molecule has 0 aromatic carbocycles. The number of nitrogens with one attached hydrogen (secondary N) is 1. The molecule has 0 spiro atoms. The summed E-state index contributed by atoms with van der Waals surface area (Å²) in [5.41, 5.74) is 1.27. The number of aromatic nitrogens is 2. The van der Waals surface area contributed by atoms with Crippen LogP contribution in [-0.4, -0.2) is 39.2 Å². The van der Waals surface area contributed by atoms with E-state index in [1.807, 2.05) is 0 Å². The summed E-state index contributed by atoms with van der Waals surface area (Å²) in [6, 6.07) is 0. The van der Waals surface area contributed by atoms with E-state index in [-0.39, 0.29) is 24.1 Å². The lowest BCUT2D eigenvalue weighted by atomic mass is 10.1. The topological polar surface area (TPSA) is 130 Å². The summed E-state index contributed by atoms with van der Waals surface area (Å²) in [5.74, 6) is 5.32. The predicted octanol–water partition coefficient (Wildman–Crippen LogP) is -0.123. The van der Waals surface area contributed by atoms with Gasteiger partial charge in [-0.15, -0.1) is 0 Å². The summed E-state index contributed by atoms with van der Waals surface area (Å²) < 4.78 is 0. The normalized spacial score (nSPS) is 11.2. The molecule has 4 N–H and O–H groups in total. The molecule has 1 rings (SSSR count). The molecule has 0 fully saturated rings. The zero-order valence-electron chi connectivity index (χ0n) is 10.4. The Kier molecular flexibility index (Phi) is 3.99. The third-order valence-corrected chi connectivity index (χ3v) is 2.69. The van der Waals surface area contributed by atoms with Gasteiger partial charge >= 0.3 is 5.69 Å². The van der Waals surface area contributed by atoms with Crippen LogP contribution in [0.1, 0.15) is 13.8 Å². The van der Waals surface area contributed by atoms with Crippen LogP contribution in [-0.2, 0) is 0 Å². The first-order chi connectivity index (χ1) is 8.33. The zero-order chi connectivity index (χ0) is 13.9. The van der Waals surface area contributed by atoms with Gasteiger partial charge in [0.1, 0.15) is 6.20 Å². The molecule has 0 aliphatic heterocycles. The van der Waals surface area contributed by atoms with Crippen LogP contribution < -0.4 is 16.2 Å². The molecule has 1 aromatic heterocycles. The SMILES string of the molecule is CN(c1nc(NN)ncc1[N+](=O)[O-])C(C)(C)CO. The monoisotopic (exact) mass is 256 g/mol. The van der Waals surface area contributed by atoms with Gasteiger partial charge in [0, 0.05) is 7.05 Å². The number of nitrogens with two attached hydrogens (primary N) is 1. The molecule has 9 nitrogen and oxygen atoms in total. The van der Waals surface area contributed by atoms with Gasteiger partial charge in [-0.1, -0.05) is 0 Å². The lowest BCUT2D eigenvalue weighted by Crippen LogP contribution is -2.45. The fourth-order valence-corrected chi connectivity index (χ4v) is 1.20. The minimum Gasteiger partial charge on any atom is -0.394 e. The van der Waals surface area contributed by atoms with E-state index in [0.717, 1.165) is 6.20 Å². The van der Waals surface area contributed by atoms with Crippen LogP contribution in [0.4, 0.5) is 17.5 Å². The van der Waals surface area contributed by atoms with Crippen molar-refractivity contribution in [2.24, 2.45) is 5.84 Å². The number of rotatable bonds is 5. The second-order valence-electron chi connectivity index (χ2n) is 4.33. The molecule has 9 heteroatoms. The van der Waals surface area contributed by atoms with Crippen molar-refractivity contribution in [2.75, 3.05) is 24.0 Å². The van der Waals surface area contributed by atoms with Gasteiger partial charge in [0.2, 0.25) is 11.8 Å². The summed E-state index contributed by atoms with van der Waals surface area (Å²) in [6.45, 7) is 3.28. The van der Waals surface area contributed by atoms with Crippen LogP contribution in [0.15, 0.2) is 6.20 Å². The lowest BCUT2D eigenvalue weighted by molar-refractivity contribution is -0.384. The maximum absolute atomic E-state index is 10.9. The molecular weight excluding hydrogens is 240 g/mol. The first-order valence-corrected chi connectivity index (χ1v) is 5.16. The Labute approximate surface area is 104 Å². The third-order valence-electron chi connectivity index (χ3n) is 2.69. The summed E-state index contributed by atoms with van der Waals surface area (Å²) in [7, 11) is 1.60. The third kappa shape index (κ3) is 2.63. The molecular formula is C9H16N6O3.